The summed E-state index contributed by atoms with van der Waals surface area (Å²) in [7, 11) is 0. The number of phenolic OH excluding ortho intramolecular Hbond substituents is 3. The van der Waals surface area contributed by atoms with Gasteiger partial charge in [-0.25, -0.2) is 0 Å². The van der Waals surface area contributed by atoms with Crippen LogP contribution in [0.4, 0.5) is 0 Å². The van der Waals surface area contributed by atoms with Crippen LogP contribution in [0.25, 0.3) is 6.08 Å². The van der Waals surface area contributed by atoms with Gasteiger partial charge in [-0.2, -0.15) is 0 Å². The van der Waals surface area contributed by atoms with Gasteiger partial charge in [-0.3, -0.25) is 0 Å². The monoisotopic (exact) mass is 364 g/mol. The van der Waals surface area contributed by atoms with Crippen LogP contribution in [0, 0.1) is 0 Å². The van der Waals surface area contributed by atoms with Crippen LogP contribution in [0.2, 0.25) is 0 Å². The van der Waals surface area contributed by atoms with Crippen molar-refractivity contribution in [1.29, 1.82) is 0 Å². The predicted octanol–water partition coefficient (Wildman–Crippen LogP) is 4.13. The Bertz CT molecular complexity index is 935. The maximum atomic E-state index is 10.3. The van der Waals surface area contributed by atoms with E-state index in [1.165, 1.54) is 36.4 Å². The van der Waals surface area contributed by atoms with E-state index < -0.39 is 6.10 Å². The van der Waals surface area contributed by atoms with Crippen LogP contribution in [0.15, 0.2) is 72.8 Å². The Morgan fingerprint density at radius 1 is 0.852 bits per heavy atom. The van der Waals surface area contributed by atoms with Crippen LogP contribution in [-0.2, 0) is 6.61 Å². The quantitative estimate of drug-likeness (QED) is 0.528. The van der Waals surface area contributed by atoms with Crippen LogP contribution >= 0.6 is 0 Å². The molecular formula is C22H20O5. The average molecular weight is 364 g/mol. The van der Waals surface area contributed by atoms with Gasteiger partial charge in [-0.15, -0.1) is 0 Å². The van der Waals surface area contributed by atoms with Gasteiger partial charge < -0.3 is 25.2 Å². The molecule has 0 bridgehead atoms. The summed E-state index contributed by atoms with van der Waals surface area (Å²) in [5.41, 5.74) is 1.77. The van der Waals surface area contributed by atoms with Gasteiger partial charge in [0, 0.05) is 23.3 Å². The zero-order chi connectivity index (χ0) is 19.2. The highest BCUT2D eigenvalue weighted by molar-refractivity contribution is 5.59. The lowest BCUT2D eigenvalue weighted by molar-refractivity contribution is 0.224. The van der Waals surface area contributed by atoms with E-state index in [0.717, 1.165) is 5.56 Å². The largest absolute Gasteiger partial charge is 0.508 e. The Labute approximate surface area is 157 Å². The molecule has 27 heavy (non-hydrogen) atoms. The van der Waals surface area contributed by atoms with Crippen molar-refractivity contribution in [3.05, 3.63) is 89.5 Å². The third-order valence-electron chi connectivity index (χ3n) is 4.04. The van der Waals surface area contributed by atoms with Crippen molar-refractivity contribution in [3.8, 4) is 23.0 Å². The minimum atomic E-state index is -1.07. The number of aliphatic hydroxyl groups excluding tert-OH is 1. The minimum Gasteiger partial charge on any atom is -0.508 e. The van der Waals surface area contributed by atoms with E-state index in [1.807, 2.05) is 30.3 Å². The van der Waals surface area contributed by atoms with E-state index in [0.29, 0.717) is 23.5 Å². The van der Waals surface area contributed by atoms with E-state index in [4.69, 9.17) is 4.74 Å². The number of hydrogen-bond acceptors (Lipinski definition) is 5. The molecule has 0 saturated heterocycles. The number of aromatic hydroxyl groups is 3. The predicted molar refractivity (Wildman–Crippen MR) is 103 cm³/mol. The summed E-state index contributed by atoms with van der Waals surface area (Å²) in [5.74, 6) is 0.251. The van der Waals surface area contributed by atoms with E-state index in [-0.39, 0.29) is 17.2 Å². The average Bonchev–Trinajstić information content (AvgIpc) is 2.66. The highest BCUT2D eigenvalue weighted by Crippen LogP contribution is 2.31. The summed E-state index contributed by atoms with van der Waals surface area (Å²) in [5, 5.41) is 39.5. The number of benzene rings is 3. The zero-order valence-electron chi connectivity index (χ0n) is 14.5. The molecule has 0 fully saturated rings. The number of ether oxygens (including phenoxy) is 1. The molecule has 0 aliphatic heterocycles. The standard InChI is InChI=1S/C22H20O5/c23-17-8-6-16(21(25)12-17)7-11-20(24)19-10-9-18(13-22(19)26)27-14-15-4-2-1-3-5-15/h1-13,20,23-26H,14H2. The number of aliphatic hydroxyl groups is 1. The molecule has 0 aromatic heterocycles. The Morgan fingerprint density at radius 3 is 2.33 bits per heavy atom. The first-order valence-electron chi connectivity index (χ1n) is 8.41. The molecule has 3 rings (SSSR count). The van der Waals surface area contributed by atoms with Gasteiger partial charge in [-0.1, -0.05) is 42.5 Å². The van der Waals surface area contributed by atoms with Crippen LogP contribution in [0.5, 0.6) is 23.0 Å². The van der Waals surface area contributed by atoms with Gasteiger partial charge in [0.25, 0.3) is 0 Å². The van der Waals surface area contributed by atoms with E-state index in [2.05, 4.69) is 0 Å². The summed E-state index contributed by atoms with van der Waals surface area (Å²) in [6, 6.07) is 18.5. The maximum absolute atomic E-state index is 10.3. The minimum absolute atomic E-state index is 0.0473. The topological polar surface area (TPSA) is 90.2 Å². The molecule has 4 N–H and O–H groups in total. The Balaban J connectivity index is 1.68. The lowest BCUT2D eigenvalue weighted by atomic mass is 10.1. The molecule has 0 radical (unpaired) electrons. The molecule has 0 amide bonds. The molecule has 0 heterocycles. The van der Waals surface area contributed by atoms with Crippen molar-refractivity contribution in [3.63, 3.8) is 0 Å². The molecule has 5 nitrogen and oxygen atoms in total. The third-order valence-corrected chi connectivity index (χ3v) is 4.04. The molecule has 0 saturated carbocycles. The molecular weight excluding hydrogens is 344 g/mol. The molecule has 5 heteroatoms. The Hall–Kier alpha value is -3.44. The van der Waals surface area contributed by atoms with Crippen LogP contribution in [0.3, 0.4) is 0 Å². The first-order valence-corrected chi connectivity index (χ1v) is 8.41. The van der Waals surface area contributed by atoms with E-state index in [1.54, 1.807) is 12.1 Å². The van der Waals surface area contributed by atoms with Crippen molar-refractivity contribution in [2.75, 3.05) is 0 Å². The number of rotatable bonds is 6. The molecule has 3 aromatic rings. The molecule has 1 atom stereocenters. The first-order chi connectivity index (χ1) is 13.0. The van der Waals surface area contributed by atoms with Gasteiger partial charge in [0.2, 0.25) is 0 Å². The Kier molecular flexibility index (Phi) is 5.64. The number of hydrogen-bond donors (Lipinski definition) is 4. The third kappa shape index (κ3) is 4.80. The fraction of sp³-hybridized carbons (Fsp3) is 0.0909. The normalized spacial score (nSPS) is 12.2. The van der Waals surface area contributed by atoms with Gasteiger partial charge in [-0.05, 0) is 29.8 Å². The van der Waals surface area contributed by atoms with Crippen LogP contribution in [-0.4, -0.2) is 20.4 Å². The van der Waals surface area contributed by atoms with Crippen LogP contribution in [0.1, 0.15) is 22.8 Å². The van der Waals surface area contributed by atoms with E-state index >= 15 is 0 Å². The molecule has 138 valence electrons. The van der Waals surface area contributed by atoms with Crippen molar-refractivity contribution < 1.29 is 25.2 Å². The van der Waals surface area contributed by atoms with Gasteiger partial charge >= 0.3 is 0 Å². The molecule has 3 aromatic carbocycles. The fourth-order valence-electron chi connectivity index (χ4n) is 2.58. The van der Waals surface area contributed by atoms with Gasteiger partial charge in [0.15, 0.2) is 0 Å². The SMILES string of the molecule is Oc1ccc(C=CC(O)c2ccc(OCc3ccccc3)cc2O)c(O)c1. The fourth-order valence-corrected chi connectivity index (χ4v) is 2.58. The Morgan fingerprint density at radius 2 is 1.63 bits per heavy atom. The van der Waals surface area contributed by atoms with Crippen molar-refractivity contribution in [1.82, 2.24) is 0 Å². The second-order valence-electron chi connectivity index (χ2n) is 6.04. The smallest absolute Gasteiger partial charge is 0.126 e. The lowest BCUT2D eigenvalue weighted by Crippen LogP contribution is -1.97. The van der Waals surface area contributed by atoms with E-state index in [9.17, 15) is 20.4 Å². The second kappa shape index (κ2) is 8.29. The van der Waals surface area contributed by atoms with Gasteiger partial charge in [0.1, 0.15) is 35.7 Å². The van der Waals surface area contributed by atoms with Crippen LogP contribution < -0.4 is 4.74 Å². The summed E-state index contributed by atoms with van der Waals surface area (Å²) in [6.07, 6.45) is 1.88. The molecule has 0 aliphatic rings. The summed E-state index contributed by atoms with van der Waals surface area (Å²) < 4.78 is 5.65. The van der Waals surface area contributed by atoms with Crippen molar-refractivity contribution in [2.45, 2.75) is 12.7 Å². The lowest BCUT2D eigenvalue weighted by Gasteiger charge is -2.12. The first kappa shape index (κ1) is 18.4. The maximum Gasteiger partial charge on any atom is 0.126 e. The summed E-state index contributed by atoms with van der Waals surface area (Å²) in [4.78, 5) is 0. The highest BCUT2D eigenvalue weighted by atomic mass is 16.5. The number of phenols is 3. The summed E-state index contributed by atoms with van der Waals surface area (Å²) >= 11 is 0. The molecule has 0 spiro atoms. The molecule has 1 unspecified atom stereocenters. The molecule has 0 aliphatic carbocycles. The van der Waals surface area contributed by atoms with Crippen molar-refractivity contribution in [2.24, 2.45) is 0 Å². The zero-order valence-corrected chi connectivity index (χ0v) is 14.5. The highest BCUT2D eigenvalue weighted by Gasteiger charge is 2.11. The summed E-state index contributed by atoms with van der Waals surface area (Å²) in [6.45, 7) is 0.377. The van der Waals surface area contributed by atoms with Gasteiger partial charge in [0.05, 0.1) is 0 Å². The second-order valence-corrected chi connectivity index (χ2v) is 6.04. The van der Waals surface area contributed by atoms with Crippen molar-refractivity contribution >= 4 is 6.08 Å².